The van der Waals surface area contributed by atoms with Crippen LogP contribution < -0.4 is 4.57 Å². The summed E-state index contributed by atoms with van der Waals surface area (Å²) in [5.41, 5.74) is 7.42. The highest BCUT2D eigenvalue weighted by molar-refractivity contribution is 5.65. The molecule has 1 aliphatic heterocycles. The Labute approximate surface area is 182 Å². The fourth-order valence-corrected chi connectivity index (χ4v) is 5.46. The van der Waals surface area contributed by atoms with Crippen LogP contribution in [0, 0.1) is 0 Å². The SMILES string of the molecule is CCC1(CC)CC[n+]2ccn(-c3c(C(C)C)cccc3C(C)C)c2-c2ccccc21. The number of benzene rings is 2. The summed E-state index contributed by atoms with van der Waals surface area (Å²) < 4.78 is 4.98. The molecule has 2 heterocycles. The van der Waals surface area contributed by atoms with Crippen LogP contribution in [0.4, 0.5) is 0 Å². The molecule has 1 aliphatic rings. The smallest absolute Gasteiger partial charge is 0.230 e. The minimum atomic E-state index is 0.256. The minimum absolute atomic E-state index is 0.256. The van der Waals surface area contributed by atoms with Gasteiger partial charge in [0.05, 0.1) is 12.1 Å². The van der Waals surface area contributed by atoms with E-state index < -0.39 is 0 Å². The molecule has 2 nitrogen and oxygen atoms in total. The molecule has 0 spiro atoms. The standard InChI is InChI=1S/C28H37N2/c1-7-28(8-2)16-17-29-18-19-30(27(29)24-12-9-10-15-25(24)28)26-22(20(3)4)13-11-14-23(26)21(5)6/h9-15,18-21H,7-8,16-17H2,1-6H3/q+1. The molecular weight excluding hydrogens is 364 g/mol. The number of nitrogens with zero attached hydrogens (tertiary/aromatic N) is 2. The van der Waals surface area contributed by atoms with Gasteiger partial charge >= 0.3 is 0 Å². The fourth-order valence-electron chi connectivity index (χ4n) is 5.46. The Kier molecular flexibility index (Phi) is 5.61. The van der Waals surface area contributed by atoms with E-state index in [4.69, 9.17) is 0 Å². The third-order valence-corrected chi connectivity index (χ3v) is 7.40. The highest BCUT2D eigenvalue weighted by Gasteiger charge is 2.38. The molecule has 2 heteroatoms. The van der Waals surface area contributed by atoms with Crippen molar-refractivity contribution in [3.05, 3.63) is 71.5 Å². The minimum Gasteiger partial charge on any atom is -0.230 e. The fraction of sp³-hybridized carbons (Fsp3) is 0.464. The van der Waals surface area contributed by atoms with Gasteiger partial charge in [0.25, 0.3) is 5.82 Å². The molecule has 4 rings (SSSR count). The summed E-state index contributed by atoms with van der Waals surface area (Å²) in [6.45, 7) is 15.0. The van der Waals surface area contributed by atoms with Gasteiger partial charge in [-0.25, -0.2) is 4.57 Å². The number of rotatable bonds is 5. The first-order valence-corrected chi connectivity index (χ1v) is 11.8. The van der Waals surface area contributed by atoms with Crippen molar-refractivity contribution in [1.82, 2.24) is 4.57 Å². The number of fused-ring (bicyclic) bond motifs is 3. The van der Waals surface area contributed by atoms with E-state index in [0.717, 1.165) is 6.54 Å². The molecule has 0 unspecified atom stereocenters. The molecule has 0 N–H and O–H groups in total. The predicted molar refractivity (Wildman–Crippen MR) is 126 cm³/mol. The van der Waals surface area contributed by atoms with Gasteiger partial charge in [-0.15, -0.1) is 0 Å². The summed E-state index contributed by atoms with van der Waals surface area (Å²) in [4.78, 5) is 0. The van der Waals surface area contributed by atoms with Gasteiger partial charge in [0, 0.05) is 11.1 Å². The number of aromatic nitrogens is 2. The first-order valence-electron chi connectivity index (χ1n) is 11.8. The lowest BCUT2D eigenvalue weighted by Gasteiger charge is -2.31. The molecule has 0 atom stereocenters. The van der Waals surface area contributed by atoms with Crippen LogP contribution in [0.25, 0.3) is 17.1 Å². The number of aryl methyl sites for hydroxylation is 1. The molecule has 0 aliphatic carbocycles. The van der Waals surface area contributed by atoms with Crippen LogP contribution in [0.3, 0.4) is 0 Å². The van der Waals surface area contributed by atoms with Crippen molar-refractivity contribution >= 4 is 0 Å². The van der Waals surface area contributed by atoms with Crippen molar-refractivity contribution < 1.29 is 4.57 Å². The molecule has 0 radical (unpaired) electrons. The summed E-state index contributed by atoms with van der Waals surface area (Å²) in [5.74, 6) is 2.30. The summed E-state index contributed by atoms with van der Waals surface area (Å²) in [6.07, 6.45) is 8.16. The van der Waals surface area contributed by atoms with E-state index in [1.807, 2.05) is 0 Å². The average Bonchev–Trinajstić information content (AvgIpc) is 3.12. The van der Waals surface area contributed by atoms with Crippen LogP contribution in [0.2, 0.25) is 0 Å². The van der Waals surface area contributed by atoms with Crippen molar-refractivity contribution in [3.8, 4) is 17.1 Å². The van der Waals surface area contributed by atoms with Gasteiger partial charge < -0.3 is 0 Å². The highest BCUT2D eigenvalue weighted by Crippen LogP contribution is 2.43. The lowest BCUT2D eigenvalue weighted by Crippen LogP contribution is -2.36. The van der Waals surface area contributed by atoms with Crippen molar-refractivity contribution in [1.29, 1.82) is 0 Å². The topological polar surface area (TPSA) is 8.81 Å². The second-order valence-corrected chi connectivity index (χ2v) is 9.56. The van der Waals surface area contributed by atoms with Crippen molar-refractivity contribution in [2.45, 2.75) is 84.6 Å². The maximum absolute atomic E-state index is 2.49. The second kappa shape index (κ2) is 8.06. The van der Waals surface area contributed by atoms with E-state index in [-0.39, 0.29) is 5.41 Å². The molecule has 1 aromatic heterocycles. The maximum Gasteiger partial charge on any atom is 0.294 e. The Morgan fingerprint density at radius 3 is 2.13 bits per heavy atom. The zero-order chi connectivity index (χ0) is 21.5. The van der Waals surface area contributed by atoms with Crippen molar-refractivity contribution in [3.63, 3.8) is 0 Å². The van der Waals surface area contributed by atoms with Gasteiger partial charge in [-0.2, -0.15) is 4.57 Å². The van der Waals surface area contributed by atoms with Gasteiger partial charge in [0.1, 0.15) is 18.1 Å². The van der Waals surface area contributed by atoms with Crippen molar-refractivity contribution in [2.24, 2.45) is 0 Å². The van der Waals surface area contributed by atoms with Crippen LogP contribution in [0.15, 0.2) is 54.9 Å². The third kappa shape index (κ3) is 3.21. The van der Waals surface area contributed by atoms with Crippen molar-refractivity contribution in [2.75, 3.05) is 0 Å². The van der Waals surface area contributed by atoms with Crippen LogP contribution >= 0.6 is 0 Å². The first-order chi connectivity index (χ1) is 14.4. The van der Waals surface area contributed by atoms with Gasteiger partial charge in [0.2, 0.25) is 0 Å². The molecule has 0 bridgehead atoms. The van der Waals surface area contributed by atoms with Gasteiger partial charge in [0.15, 0.2) is 0 Å². The Balaban J connectivity index is 2.05. The summed E-state index contributed by atoms with van der Waals surface area (Å²) in [5, 5.41) is 0. The molecule has 0 saturated heterocycles. The molecule has 0 amide bonds. The number of hydrogen-bond donors (Lipinski definition) is 0. The highest BCUT2D eigenvalue weighted by atomic mass is 15.2. The molecule has 0 fully saturated rings. The lowest BCUT2D eigenvalue weighted by atomic mass is 9.72. The molecule has 158 valence electrons. The van der Waals surface area contributed by atoms with Crippen LogP contribution in [-0.4, -0.2) is 4.57 Å². The number of para-hydroxylation sites is 1. The monoisotopic (exact) mass is 401 g/mol. The van der Waals surface area contributed by atoms with E-state index in [2.05, 4.69) is 106 Å². The summed E-state index contributed by atoms with van der Waals surface area (Å²) in [7, 11) is 0. The summed E-state index contributed by atoms with van der Waals surface area (Å²) >= 11 is 0. The third-order valence-electron chi connectivity index (χ3n) is 7.40. The average molecular weight is 402 g/mol. The summed E-state index contributed by atoms with van der Waals surface area (Å²) in [6, 6.07) is 16.0. The predicted octanol–water partition coefficient (Wildman–Crippen LogP) is 7.14. The van der Waals surface area contributed by atoms with Gasteiger partial charge in [-0.1, -0.05) is 77.9 Å². The van der Waals surface area contributed by atoms with E-state index in [1.54, 1.807) is 0 Å². The Hall–Kier alpha value is -2.35. The Morgan fingerprint density at radius 1 is 0.900 bits per heavy atom. The van der Waals surface area contributed by atoms with Crippen LogP contribution in [0.1, 0.15) is 89.3 Å². The lowest BCUT2D eigenvalue weighted by molar-refractivity contribution is -0.686. The Morgan fingerprint density at radius 2 is 1.53 bits per heavy atom. The molecule has 0 saturated carbocycles. The molecular formula is C28H37N2+. The van der Waals surface area contributed by atoms with Gasteiger partial charge in [-0.3, -0.25) is 0 Å². The number of hydrogen-bond acceptors (Lipinski definition) is 0. The van der Waals surface area contributed by atoms with E-state index in [9.17, 15) is 0 Å². The van der Waals surface area contributed by atoms with Gasteiger partial charge in [-0.05, 0) is 48.1 Å². The normalized spacial score (nSPS) is 15.2. The second-order valence-electron chi connectivity index (χ2n) is 9.56. The molecule has 2 aromatic carbocycles. The molecule has 30 heavy (non-hydrogen) atoms. The quantitative estimate of drug-likeness (QED) is 0.402. The maximum atomic E-state index is 2.49. The zero-order valence-electron chi connectivity index (χ0n) is 19.6. The van der Waals surface area contributed by atoms with E-state index in [0.29, 0.717) is 11.8 Å². The first kappa shape index (κ1) is 20.9. The van der Waals surface area contributed by atoms with Crippen LogP contribution in [0.5, 0.6) is 0 Å². The largest absolute Gasteiger partial charge is 0.294 e. The van der Waals surface area contributed by atoms with Crippen LogP contribution in [-0.2, 0) is 12.0 Å². The molecule has 3 aromatic rings. The van der Waals surface area contributed by atoms with E-state index in [1.165, 1.54) is 53.0 Å². The van der Waals surface area contributed by atoms with E-state index >= 15 is 0 Å². The number of imidazole rings is 1. The zero-order valence-corrected chi connectivity index (χ0v) is 19.6. The Bertz CT molecular complexity index is 1010.